The number of carbonyl (C=O) groups is 2. The number of amides is 2. The Labute approximate surface area is 144 Å². The Morgan fingerprint density at radius 1 is 1.32 bits per heavy atom. The topological polar surface area (TPSA) is 101 Å². The van der Waals surface area contributed by atoms with Crippen LogP contribution in [-0.4, -0.2) is 33.4 Å². The van der Waals surface area contributed by atoms with Crippen LogP contribution >= 0.6 is 0 Å². The minimum absolute atomic E-state index is 0.146. The SMILES string of the molecule is CC(=O)NCc1ccc(C(=O)N2CCC[C@H]2c2noc(C3CC3)n2)o1. The monoisotopic (exact) mass is 344 g/mol. The zero-order chi connectivity index (χ0) is 17.4. The van der Waals surface area contributed by atoms with Gasteiger partial charge >= 0.3 is 0 Å². The summed E-state index contributed by atoms with van der Waals surface area (Å²) in [7, 11) is 0. The molecule has 4 rings (SSSR count). The van der Waals surface area contributed by atoms with Crippen LogP contribution < -0.4 is 5.32 Å². The molecule has 1 saturated carbocycles. The van der Waals surface area contributed by atoms with E-state index in [9.17, 15) is 9.59 Å². The van der Waals surface area contributed by atoms with Crippen molar-refractivity contribution in [2.45, 2.75) is 51.1 Å². The average molecular weight is 344 g/mol. The van der Waals surface area contributed by atoms with Gasteiger partial charge in [0.1, 0.15) is 5.76 Å². The first-order chi connectivity index (χ1) is 12.1. The van der Waals surface area contributed by atoms with E-state index in [1.165, 1.54) is 6.92 Å². The molecule has 2 aromatic heterocycles. The van der Waals surface area contributed by atoms with E-state index in [0.29, 0.717) is 29.9 Å². The summed E-state index contributed by atoms with van der Waals surface area (Å²) < 4.78 is 10.9. The summed E-state index contributed by atoms with van der Waals surface area (Å²) in [5.41, 5.74) is 0. The molecule has 8 nitrogen and oxygen atoms in total. The van der Waals surface area contributed by atoms with Gasteiger partial charge in [-0.2, -0.15) is 4.98 Å². The van der Waals surface area contributed by atoms with Crippen molar-refractivity contribution < 1.29 is 18.5 Å². The van der Waals surface area contributed by atoms with E-state index >= 15 is 0 Å². The lowest BCUT2D eigenvalue weighted by Gasteiger charge is -2.20. The highest BCUT2D eigenvalue weighted by atomic mass is 16.5. The first-order valence-corrected chi connectivity index (χ1v) is 8.59. The zero-order valence-electron chi connectivity index (χ0n) is 14.0. The molecule has 0 bridgehead atoms. The lowest BCUT2D eigenvalue weighted by molar-refractivity contribution is -0.119. The Morgan fingerprint density at radius 3 is 2.92 bits per heavy atom. The molecular weight excluding hydrogens is 324 g/mol. The standard InChI is InChI=1S/C17H20N4O4/c1-10(22)18-9-12-6-7-14(24-12)17(23)21-8-2-3-13(21)15-19-16(25-20-15)11-4-5-11/h6-7,11,13H,2-5,8-9H2,1H3,(H,18,22)/t13-/m0/s1. The second kappa shape index (κ2) is 6.34. The van der Waals surface area contributed by atoms with Crippen molar-refractivity contribution in [2.75, 3.05) is 6.54 Å². The fourth-order valence-electron chi connectivity index (χ4n) is 3.10. The van der Waals surface area contributed by atoms with Crippen molar-refractivity contribution in [3.63, 3.8) is 0 Å². The lowest BCUT2D eigenvalue weighted by atomic mass is 10.2. The number of carbonyl (C=O) groups excluding carboxylic acids is 2. The molecule has 1 atom stereocenters. The Balaban J connectivity index is 1.47. The zero-order valence-corrected chi connectivity index (χ0v) is 14.0. The van der Waals surface area contributed by atoms with Gasteiger partial charge in [0.05, 0.1) is 12.6 Å². The fourth-order valence-corrected chi connectivity index (χ4v) is 3.10. The molecule has 2 amide bonds. The van der Waals surface area contributed by atoms with Crippen molar-refractivity contribution in [3.8, 4) is 0 Å². The Hall–Kier alpha value is -2.64. The van der Waals surface area contributed by atoms with Crippen LogP contribution in [0.15, 0.2) is 21.1 Å². The Bertz CT molecular complexity index is 792. The summed E-state index contributed by atoms with van der Waals surface area (Å²) in [6.07, 6.45) is 3.90. The van der Waals surface area contributed by atoms with Gasteiger partial charge in [0, 0.05) is 19.4 Å². The van der Waals surface area contributed by atoms with Crippen molar-refractivity contribution in [3.05, 3.63) is 35.4 Å². The molecule has 8 heteroatoms. The molecule has 1 N–H and O–H groups in total. The quantitative estimate of drug-likeness (QED) is 0.892. The third-order valence-corrected chi connectivity index (χ3v) is 4.58. The van der Waals surface area contributed by atoms with E-state index < -0.39 is 0 Å². The summed E-state index contributed by atoms with van der Waals surface area (Å²) in [5, 5.41) is 6.73. The van der Waals surface area contributed by atoms with E-state index in [-0.39, 0.29) is 30.2 Å². The highest BCUT2D eigenvalue weighted by Gasteiger charge is 2.37. The van der Waals surface area contributed by atoms with E-state index in [4.69, 9.17) is 8.94 Å². The molecule has 1 aliphatic carbocycles. The van der Waals surface area contributed by atoms with Gasteiger partial charge < -0.3 is 19.2 Å². The number of furan rings is 1. The summed E-state index contributed by atoms with van der Waals surface area (Å²) >= 11 is 0. The third-order valence-electron chi connectivity index (χ3n) is 4.58. The van der Waals surface area contributed by atoms with E-state index in [0.717, 1.165) is 25.7 Å². The van der Waals surface area contributed by atoms with Gasteiger partial charge in [-0.1, -0.05) is 5.16 Å². The minimum atomic E-state index is -0.186. The van der Waals surface area contributed by atoms with Crippen LogP contribution in [-0.2, 0) is 11.3 Å². The molecule has 1 aliphatic heterocycles. The lowest BCUT2D eigenvalue weighted by Crippen LogP contribution is -2.30. The number of hydrogen-bond acceptors (Lipinski definition) is 6. The predicted octanol–water partition coefficient (Wildman–Crippen LogP) is 2.15. The van der Waals surface area contributed by atoms with Crippen LogP contribution in [0.2, 0.25) is 0 Å². The molecule has 132 valence electrons. The second-order valence-electron chi connectivity index (χ2n) is 6.60. The number of rotatable bonds is 5. The highest BCUT2D eigenvalue weighted by Crippen LogP contribution is 2.40. The van der Waals surface area contributed by atoms with E-state index in [1.807, 2.05) is 0 Å². The van der Waals surface area contributed by atoms with Crippen LogP contribution in [0.1, 0.15) is 72.6 Å². The third kappa shape index (κ3) is 3.29. The summed E-state index contributed by atoms with van der Waals surface area (Å²) in [4.78, 5) is 30.0. The van der Waals surface area contributed by atoms with Gasteiger partial charge in [-0.05, 0) is 37.8 Å². The van der Waals surface area contributed by atoms with Gasteiger partial charge in [0.15, 0.2) is 11.6 Å². The number of nitrogens with zero attached hydrogens (tertiary/aromatic N) is 3. The van der Waals surface area contributed by atoms with Crippen LogP contribution in [0, 0.1) is 0 Å². The highest BCUT2D eigenvalue weighted by molar-refractivity contribution is 5.92. The smallest absolute Gasteiger partial charge is 0.290 e. The molecule has 2 fully saturated rings. The van der Waals surface area contributed by atoms with Crippen molar-refractivity contribution >= 4 is 11.8 Å². The van der Waals surface area contributed by atoms with Gasteiger partial charge in [0.25, 0.3) is 5.91 Å². The molecule has 0 aromatic carbocycles. The first kappa shape index (κ1) is 15.9. The maximum absolute atomic E-state index is 12.8. The summed E-state index contributed by atoms with van der Waals surface area (Å²) in [6.45, 7) is 2.34. The molecule has 2 aliphatic rings. The average Bonchev–Trinajstić information content (AvgIpc) is 3.05. The fraction of sp³-hybridized carbons (Fsp3) is 0.529. The Kier molecular flexibility index (Phi) is 4.03. The molecule has 3 heterocycles. The van der Waals surface area contributed by atoms with Crippen LogP contribution in [0.4, 0.5) is 0 Å². The van der Waals surface area contributed by atoms with Crippen LogP contribution in [0.25, 0.3) is 0 Å². The van der Waals surface area contributed by atoms with Gasteiger partial charge in [-0.25, -0.2) is 0 Å². The van der Waals surface area contributed by atoms with Gasteiger partial charge in [0.2, 0.25) is 11.8 Å². The molecule has 1 saturated heterocycles. The number of likely N-dealkylation sites (tertiary alicyclic amines) is 1. The predicted molar refractivity (Wildman–Crippen MR) is 85.5 cm³/mol. The van der Waals surface area contributed by atoms with Crippen molar-refractivity contribution in [2.24, 2.45) is 0 Å². The summed E-state index contributed by atoms with van der Waals surface area (Å²) in [6, 6.07) is 3.17. The Morgan fingerprint density at radius 2 is 2.16 bits per heavy atom. The molecule has 0 radical (unpaired) electrons. The second-order valence-corrected chi connectivity index (χ2v) is 6.60. The van der Waals surface area contributed by atoms with Crippen molar-refractivity contribution in [1.29, 1.82) is 0 Å². The minimum Gasteiger partial charge on any atom is -0.454 e. The largest absolute Gasteiger partial charge is 0.454 e. The maximum Gasteiger partial charge on any atom is 0.290 e. The van der Waals surface area contributed by atoms with Crippen molar-refractivity contribution in [1.82, 2.24) is 20.4 Å². The molecule has 25 heavy (non-hydrogen) atoms. The number of hydrogen-bond donors (Lipinski definition) is 1. The van der Waals surface area contributed by atoms with Gasteiger partial charge in [-0.3, -0.25) is 9.59 Å². The maximum atomic E-state index is 12.8. The normalized spacial score (nSPS) is 20.0. The van der Waals surface area contributed by atoms with E-state index in [1.54, 1.807) is 17.0 Å². The first-order valence-electron chi connectivity index (χ1n) is 8.59. The van der Waals surface area contributed by atoms with E-state index in [2.05, 4.69) is 15.5 Å². The van der Waals surface area contributed by atoms with Crippen LogP contribution in [0.3, 0.4) is 0 Å². The molecular formula is C17H20N4O4. The number of aromatic nitrogens is 2. The van der Waals surface area contributed by atoms with Crippen LogP contribution in [0.5, 0.6) is 0 Å². The number of nitrogens with one attached hydrogen (secondary N) is 1. The molecule has 2 aromatic rings. The molecule has 0 unspecified atom stereocenters. The van der Waals surface area contributed by atoms with Gasteiger partial charge in [-0.15, -0.1) is 0 Å². The summed E-state index contributed by atoms with van der Waals surface area (Å²) in [5.74, 6) is 2.14. The molecule has 0 spiro atoms.